The molecule has 0 aromatic carbocycles. The van der Waals surface area contributed by atoms with E-state index in [9.17, 15) is 0 Å². The predicted molar refractivity (Wildman–Crippen MR) is 69.3 cm³/mol. The fourth-order valence-corrected chi connectivity index (χ4v) is 2.97. The van der Waals surface area contributed by atoms with Crippen LogP contribution >= 0.6 is 11.8 Å². The summed E-state index contributed by atoms with van der Waals surface area (Å²) in [6.07, 6.45) is 5.90. The van der Waals surface area contributed by atoms with Crippen molar-refractivity contribution < 1.29 is 4.74 Å². The molecule has 1 aliphatic heterocycles. The van der Waals surface area contributed by atoms with Gasteiger partial charge < -0.3 is 9.30 Å². The second kappa shape index (κ2) is 6.21. The van der Waals surface area contributed by atoms with Gasteiger partial charge in [0.2, 0.25) is 0 Å². The molecule has 0 N–H and O–H groups in total. The van der Waals surface area contributed by atoms with Crippen molar-refractivity contribution in [2.45, 2.75) is 44.0 Å². The van der Waals surface area contributed by atoms with E-state index in [0.717, 1.165) is 29.9 Å². The van der Waals surface area contributed by atoms with E-state index in [-0.39, 0.29) is 0 Å². The second-order valence-electron chi connectivity index (χ2n) is 4.23. The van der Waals surface area contributed by atoms with Gasteiger partial charge in [-0.3, -0.25) is 0 Å². The van der Waals surface area contributed by atoms with Crippen molar-refractivity contribution in [2.75, 3.05) is 12.4 Å². The maximum absolute atomic E-state index is 5.71. The first-order valence-corrected chi connectivity index (χ1v) is 7.05. The lowest BCUT2D eigenvalue weighted by atomic mass is 10.1. The monoisotopic (exact) mass is 253 g/mol. The highest BCUT2D eigenvalue weighted by Crippen LogP contribution is 2.22. The zero-order valence-corrected chi connectivity index (χ0v) is 11.1. The van der Waals surface area contributed by atoms with Crippen LogP contribution in [0.3, 0.4) is 0 Å². The number of hydrogen-bond donors (Lipinski definition) is 0. The van der Waals surface area contributed by atoms with Crippen LogP contribution in [0.4, 0.5) is 0 Å². The quantitative estimate of drug-likeness (QED) is 0.597. The third kappa shape index (κ3) is 3.33. The molecule has 2 heterocycles. The van der Waals surface area contributed by atoms with Crippen molar-refractivity contribution in [2.24, 2.45) is 0 Å². The Labute approximate surface area is 106 Å². The normalized spacial score (nSPS) is 20.4. The molecular formula is C12H19N3OS. The molecular weight excluding hydrogens is 234 g/mol. The average Bonchev–Trinajstić information content (AvgIpc) is 2.70. The van der Waals surface area contributed by atoms with Crippen LogP contribution in [0.5, 0.6) is 0 Å². The Morgan fingerprint density at radius 3 is 3.12 bits per heavy atom. The Bertz CT molecular complexity index is 372. The summed E-state index contributed by atoms with van der Waals surface area (Å²) in [5.74, 6) is 1.91. The summed E-state index contributed by atoms with van der Waals surface area (Å²) < 4.78 is 7.79. The van der Waals surface area contributed by atoms with Crippen LogP contribution in [-0.2, 0) is 11.3 Å². The SMILES string of the molecule is C=CCn1c(C)nnc1SCC1CCCCO1. The van der Waals surface area contributed by atoms with Crippen molar-refractivity contribution in [3.05, 3.63) is 18.5 Å². The molecule has 2 rings (SSSR count). The molecule has 94 valence electrons. The maximum Gasteiger partial charge on any atom is 0.191 e. The molecule has 1 fully saturated rings. The molecule has 17 heavy (non-hydrogen) atoms. The molecule has 5 heteroatoms. The van der Waals surface area contributed by atoms with Gasteiger partial charge in [0.15, 0.2) is 5.16 Å². The van der Waals surface area contributed by atoms with Crippen molar-refractivity contribution >= 4 is 11.8 Å². The van der Waals surface area contributed by atoms with E-state index in [1.54, 1.807) is 11.8 Å². The lowest BCUT2D eigenvalue weighted by Gasteiger charge is -2.21. The second-order valence-corrected chi connectivity index (χ2v) is 5.22. The van der Waals surface area contributed by atoms with E-state index < -0.39 is 0 Å². The molecule has 1 unspecified atom stereocenters. The summed E-state index contributed by atoms with van der Waals surface area (Å²) >= 11 is 1.73. The number of rotatable bonds is 5. The van der Waals surface area contributed by atoms with Gasteiger partial charge in [-0.25, -0.2) is 0 Å². The van der Waals surface area contributed by atoms with E-state index in [0.29, 0.717) is 6.10 Å². The molecule has 1 aromatic rings. The lowest BCUT2D eigenvalue weighted by Crippen LogP contribution is -2.21. The molecule has 0 aliphatic carbocycles. The zero-order valence-electron chi connectivity index (χ0n) is 10.3. The van der Waals surface area contributed by atoms with Gasteiger partial charge in [-0.15, -0.1) is 16.8 Å². The fourth-order valence-electron chi connectivity index (χ4n) is 1.91. The maximum atomic E-state index is 5.71. The molecule has 0 radical (unpaired) electrons. The van der Waals surface area contributed by atoms with Crippen molar-refractivity contribution in [1.29, 1.82) is 0 Å². The van der Waals surface area contributed by atoms with Crippen LogP contribution in [0, 0.1) is 6.92 Å². The fraction of sp³-hybridized carbons (Fsp3) is 0.667. The molecule has 1 aliphatic rings. The van der Waals surface area contributed by atoms with Crippen molar-refractivity contribution in [1.82, 2.24) is 14.8 Å². The highest BCUT2D eigenvalue weighted by atomic mass is 32.2. The Morgan fingerprint density at radius 2 is 2.41 bits per heavy atom. The van der Waals surface area contributed by atoms with Crippen molar-refractivity contribution in [3.63, 3.8) is 0 Å². The minimum Gasteiger partial charge on any atom is -0.377 e. The number of allylic oxidation sites excluding steroid dienone is 1. The van der Waals surface area contributed by atoms with Gasteiger partial charge in [-0.05, 0) is 26.2 Å². The Kier molecular flexibility index (Phi) is 4.62. The molecule has 1 atom stereocenters. The van der Waals surface area contributed by atoms with Crippen LogP contribution in [0.25, 0.3) is 0 Å². The molecule has 1 saturated heterocycles. The summed E-state index contributed by atoms with van der Waals surface area (Å²) in [5, 5.41) is 9.26. The third-order valence-electron chi connectivity index (χ3n) is 2.89. The van der Waals surface area contributed by atoms with Gasteiger partial charge in [0.1, 0.15) is 5.82 Å². The highest BCUT2D eigenvalue weighted by molar-refractivity contribution is 7.99. The number of ether oxygens (including phenoxy) is 1. The van der Waals surface area contributed by atoms with Crippen LogP contribution in [0.2, 0.25) is 0 Å². The first-order chi connectivity index (χ1) is 8.31. The first-order valence-electron chi connectivity index (χ1n) is 6.06. The number of hydrogen-bond acceptors (Lipinski definition) is 4. The summed E-state index contributed by atoms with van der Waals surface area (Å²) in [7, 11) is 0. The topological polar surface area (TPSA) is 39.9 Å². The molecule has 4 nitrogen and oxygen atoms in total. The first kappa shape index (κ1) is 12.6. The standard InChI is InChI=1S/C12H19N3OS/c1-3-7-15-10(2)13-14-12(15)17-9-11-6-4-5-8-16-11/h3,11H,1,4-9H2,2H3. The number of aromatic nitrogens is 3. The van der Waals surface area contributed by atoms with Gasteiger partial charge in [0, 0.05) is 18.9 Å². The van der Waals surface area contributed by atoms with Crippen LogP contribution in [0.1, 0.15) is 25.1 Å². The van der Waals surface area contributed by atoms with E-state index >= 15 is 0 Å². The Balaban J connectivity index is 1.91. The van der Waals surface area contributed by atoms with Crippen LogP contribution < -0.4 is 0 Å². The van der Waals surface area contributed by atoms with Gasteiger partial charge in [0.25, 0.3) is 0 Å². The Morgan fingerprint density at radius 1 is 1.53 bits per heavy atom. The number of nitrogens with zero attached hydrogens (tertiary/aromatic N) is 3. The minimum absolute atomic E-state index is 0.378. The van der Waals surface area contributed by atoms with Crippen LogP contribution in [-0.4, -0.2) is 33.2 Å². The third-order valence-corrected chi connectivity index (χ3v) is 3.98. The molecule has 1 aromatic heterocycles. The van der Waals surface area contributed by atoms with Crippen LogP contribution in [0.15, 0.2) is 17.8 Å². The smallest absolute Gasteiger partial charge is 0.191 e. The summed E-state index contributed by atoms with van der Waals surface area (Å²) in [6.45, 7) is 7.40. The largest absolute Gasteiger partial charge is 0.377 e. The van der Waals surface area contributed by atoms with Gasteiger partial charge in [0.05, 0.1) is 6.10 Å². The molecule has 0 bridgehead atoms. The highest BCUT2D eigenvalue weighted by Gasteiger charge is 2.16. The van der Waals surface area contributed by atoms with Gasteiger partial charge >= 0.3 is 0 Å². The lowest BCUT2D eigenvalue weighted by molar-refractivity contribution is 0.0315. The van der Waals surface area contributed by atoms with Crippen molar-refractivity contribution in [3.8, 4) is 0 Å². The molecule has 0 spiro atoms. The predicted octanol–water partition coefficient (Wildman–Crippen LogP) is 2.43. The van der Waals surface area contributed by atoms with E-state index in [4.69, 9.17) is 4.74 Å². The average molecular weight is 253 g/mol. The molecule has 0 amide bonds. The summed E-state index contributed by atoms with van der Waals surface area (Å²) in [4.78, 5) is 0. The van der Waals surface area contributed by atoms with Gasteiger partial charge in [-0.2, -0.15) is 0 Å². The summed E-state index contributed by atoms with van der Waals surface area (Å²) in [5.41, 5.74) is 0. The summed E-state index contributed by atoms with van der Waals surface area (Å²) in [6, 6.07) is 0. The number of aryl methyl sites for hydroxylation is 1. The Hall–Kier alpha value is -0.810. The minimum atomic E-state index is 0.378. The van der Waals surface area contributed by atoms with Gasteiger partial charge in [-0.1, -0.05) is 17.8 Å². The van der Waals surface area contributed by atoms with E-state index in [1.807, 2.05) is 13.0 Å². The van der Waals surface area contributed by atoms with E-state index in [2.05, 4.69) is 21.3 Å². The number of thioether (sulfide) groups is 1. The molecule has 0 saturated carbocycles. The van der Waals surface area contributed by atoms with E-state index in [1.165, 1.54) is 19.3 Å². The zero-order chi connectivity index (χ0) is 12.1.